The predicted octanol–water partition coefficient (Wildman–Crippen LogP) is 0.444. The predicted molar refractivity (Wildman–Crippen MR) is 59.6 cm³/mol. The normalized spacial score (nSPS) is 25.6. The van der Waals surface area contributed by atoms with Gasteiger partial charge in [-0.3, -0.25) is 9.48 Å². The molecule has 16 heavy (non-hydrogen) atoms. The number of nitrogens with two attached hydrogens (primary N) is 1. The van der Waals surface area contributed by atoms with Crippen LogP contribution in [0, 0.1) is 5.92 Å². The molecule has 1 aliphatic rings. The van der Waals surface area contributed by atoms with E-state index >= 15 is 0 Å². The SMILES string of the molecule is Cn1cc(CC(=O)C2CCCCC2N)nn1. The maximum Gasteiger partial charge on any atom is 0.143 e. The summed E-state index contributed by atoms with van der Waals surface area (Å²) < 4.78 is 1.61. The average molecular weight is 222 g/mol. The molecule has 0 spiro atoms. The Morgan fingerprint density at radius 3 is 2.94 bits per heavy atom. The molecule has 1 aromatic rings. The number of carbonyl (C=O) groups excluding carboxylic acids is 1. The van der Waals surface area contributed by atoms with Crippen LogP contribution >= 0.6 is 0 Å². The van der Waals surface area contributed by atoms with E-state index in [2.05, 4.69) is 10.3 Å². The van der Waals surface area contributed by atoms with Crippen LogP contribution in [-0.4, -0.2) is 26.8 Å². The van der Waals surface area contributed by atoms with Crippen molar-refractivity contribution in [3.8, 4) is 0 Å². The first-order valence-corrected chi connectivity index (χ1v) is 5.80. The van der Waals surface area contributed by atoms with Gasteiger partial charge in [0.2, 0.25) is 0 Å². The fourth-order valence-corrected chi connectivity index (χ4v) is 2.35. The van der Waals surface area contributed by atoms with E-state index in [1.807, 2.05) is 0 Å². The van der Waals surface area contributed by atoms with E-state index in [1.54, 1.807) is 17.9 Å². The van der Waals surface area contributed by atoms with E-state index in [-0.39, 0.29) is 17.7 Å². The lowest BCUT2D eigenvalue weighted by Gasteiger charge is -2.26. The van der Waals surface area contributed by atoms with Crippen LogP contribution in [0.4, 0.5) is 0 Å². The quantitative estimate of drug-likeness (QED) is 0.805. The molecule has 1 heterocycles. The van der Waals surface area contributed by atoms with Crippen LogP contribution < -0.4 is 5.73 Å². The topological polar surface area (TPSA) is 73.8 Å². The molecule has 5 heteroatoms. The summed E-state index contributed by atoms with van der Waals surface area (Å²) >= 11 is 0. The Morgan fingerprint density at radius 1 is 1.56 bits per heavy atom. The highest BCUT2D eigenvalue weighted by Crippen LogP contribution is 2.24. The van der Waals surface area contributed by atoms with Crippen molar-refractivity contribution in [3.63, 3.8) is 0 Å². The van der Waals surface area contributed by atoms with Crippen molar-refractivity contribution in [2.45, 2.75) is 38.1 Å². The van der Waals surface area contributed by atoms with Gasteiger partial charge in [0, 0.05) is 25.2 Å². The van der Waals surface area contributed by atoms with Gasteiger partial charge in [0.05, 0.1) is 12.1 Å². The standard InChI is InChI=1S/C11H18N4O/c1-15-7-8(13-14-15)6-11(16)9-4-2-3-5-10(9)12/h7,9-10H,2-6,12H2,1H3. The van der Waals surface area contributed by atoms with Gasteiger partial charge in [0.15, 0.2) is 0 Å². The Kier molecular flexibility index (Phi) is 3.33. The molecule has 1 saturated carbocycles. The third-order valence-corrected chi connectivity index (χ3v) is 3.24. The molecule has 0 aromatic carbocycles. The first-order valence-electron chi connectivity index (χ1n) is 5.80. The lowest BCUT2D eigenvalue weighted by Crippen LogP contribution is -2.38. The number of hydrogen-bond donors (Lipinski definition) is 1. The van der Waals surface area contributed by atoms with Crippen molar-refractivity contribution in [3.05, 3.63) is 11.9 Å². The molecule has 1 fully saturated rings. The molecular formula is C11H18N4O. The highest BCUT2D eigenvalue weighted by molar-refractivity contribution is 5.83. The van der Waals surface area contributed by atoms with Crippen molar-refractivity contribution < 1.29 is 4.79 Å². The minimum Gasteiger partial charge on any atom is -0.327 e. The summed E-state index contributed by atoms with van der Waals surface area (Å²) in [4.78, 5) is 12.0. The van der Waals surface area contributed by atoms with Crippen LogP contribution in [0.15, 0.2) is 6.20 Å². The number of carbonyl (C=O) groups is 1. The molecule has 2 atom stereocenters. The molecule has 0 amide bonds. The van der Waals surface area contributed by atoms with E-state index in [9.17, 15) is 4.79 Å². The van der Waals surface area contributed by atoms with Crippen molar-refractivity contribution in [2.24, 2.45) is 18.7 Å². The first-order chi connectivity index (χ1) is 7.66. The molecule has 1 aromatic heterocycles. The van der Waals surface area contributed by atoms with Gasteiger partial charge in [-0.05, 0) is 12.8 Å². The second-order valence-electron chi connectivity index (χ2n) is 4.58. The molecule has 5 nitrogen and oxygen atoms in total. The fourth-order valence-electron chi connectivity index (χ4n) is 2.35. The van der Waals surface area contributed by atoms with Crippen LogP contribution in [0.1, 0.15) is 31.4 Å². The Balaban J connectivity index is 1.96. The second-order valence-corrected chi connectivity index (χ2v) is 4.58. The molecule has 1 aliphatic carbocycles. The third-order valence-electron chi connectivity index (χ3n) is 3.24. The number of aromatic nitrogens is 3. The van der Waals surface area contributed by atoms with Crippen molar-refractivity contribution >= 4 is 5.78 Å². The zero-order valence-corrected chi connectivity index (χ0v) is 9.59. The van der Waals surface area contributed by atoms with E-state index in [1.165, 1.54) is 0 Å². The Labute approximate surface area is 95.0 Å². The lowest BCUT2D eigenvalue weighted by molar-refractivity contribution is -0.123. The number of nitrogens with zero attached hydrogens (tertiary/aromatic N) is 3. The van der Waals surface area contributed by atoms with Crippen LogP contribution in [0.5, 0.6) is 0 Å². The summed E-state index contributed by atoms with van der Waals surface area (Å²) in [7, 11) is 1.80. The van der Waals surface area contributed by atoms with Gasteiger partial charge in [-0.1, -0.05) is 18.1 Å². The second kappa shape index (κ2) is 4.74. The maximum absolute atomic E-state index is 12.0. The summed E-state index contributed by atoms with van der Waals surface area (Å²) in [5.74, 6) is 0.239. The van der Waals surface area contributed by atoms with Gasteiger partial charge in [-0.2, -0.15) is 0 Å². The van der Waals surface area contributed by atoms with Crippen LogP contribution in [0.25, 0.3) is 0 Å². The maximum atomic E-state index is 12.0. The van der Waals surface area contributed by atoms with Crippen molar-refractivity contribution in [1.29, 1.82) is 0 Å². The Morgan fingerprint density at radius 2 is 2.31 bits per heavy atom. The van der Waals surface area contributed by atoms with Crippen LogP contribution in [-0.2, 0) is 18.3 Å². The highest BCUT2D eigenvalue weighted by atomic mass is 16.1. The fraction of sp³-hybridized carbons (Fsp3) is 0.727. The number of aryl methyl sites for hydroxylation is 1. The summed E-state index contributed by atoms with van der Waals surface area (Å²) in [6.45, 7) is 0. The Bertz CT molecular complexity index is 374. The van der Waals surface area contributed by atoms with E-state index in [0.29, 0.717) is 6.42 Å². The smallest absolute Gasteiger partial charge is 0.143 e. The first kappa shape index (κ1) is 11.3. The zero-order valence-electron chi connectivity index (χ0n) is 9.59. The third kappa shape index (κ3) is 2.47. The average Bonchev–Trinajstić information content (AvgIpc) is 2.64. The van der Waals surface area contributed by atoms with E-state index in [0.717, 1.165) is 31.4 Å². The highest BCUT2D eigenvalue weighted by Gasteiger charge is 2.28. The monoisotopic (exact) mass is 222 g/mol. The summed E-state index contributed by atoms with van der Waals surface area (Å²) in [5.41, 5.74) is 6.72. The van der Waals surface area contributed by atoms with E-state index in [4.69, 9.17) is 5.73 Å². The lowest BCUT2D eigenvalue weighted by atomic mass is 9.81. The Hall–Kier alpha value is -1.23. The number of Topliss-reactive ketones (excluding diaryl/α,β-unsaturated/α-hetero) is 1. The minimum absolute atomic E-state index is 0.0238. The van der Waals surface area contributed by atoms with Crippen LogP contribution in [0.2, 0.25) is 0 Å². The van der Waals surface area contributed by atoms with Crippen molar-refractivity contribution in [2.75, 3.05) is 0 Å². The van der Waals surface area contributed by atoms with Gasteiger partial charge in [0.1, 0.15) is 5.78 Å². The molecule has 2 N–H and O–H groups in total. The molecule has 2 rings (SSSR count). The molecule has 2 unspecified atom stereocenters. The molecule has 0 bridgehead atoms. The molecular weight excluding hydrogens is 204 g/mol. The molecule has 0 radical (unpaired) electrons. The summed E-state index contributed by atoms with van der Waals surface area (Å²) in [6, 6.07) is 0.0397. The zero-order chi connectivity index (χ0) is 11.5. The van der Waals surface area contributed by atoms with E-state index < -0.39 is 0 Å². The molecule has 88 valence electrons. The number of ketones is 1. The van der Waals surface area contributed by atoms with Crippen molar-refractivity contribution in [1.82, 2.24) is 15.0 Å². The van der Waals surface area contributed by atoms with Gasteiger partial charge in [0.25, 0.3) is 0 Å². The van der Waals surface area contributed by atoms with Crippen LogP contribution in [0.3, 0.4) is 0 Å². The van der Waals surface area contributed by atoms with Gasteiger partial charge < -0.3 is 5.73 Å². The van der Waals surface area contributed by atoms with Gasteiger partial charge in [-0.15, -0.1) is 5.10 Å². The summed E-state index contributed by atoms with van der Waals surface area (Å²) in [6.07, 6.45) is 6.32. The largest absolute Gasteiger partial charge is 0.327 e. The van der Waals surface area contributed by atoms with Gasteiger partial charge in [-0.25, -0.2) is 0 Å². The molecule has 0 aliphatic heterocycles. The van der Waals surface area contributed by atoms with Gasteiger partial charge >= 0.3 is 0 Å². The summed E-state index contributed by atoms with van der Waals surface area (Å²) in [5, 5.41) is 7.74. The number of hydrogen-bond acceptors (Lipinski definition) is 4. The minimum atomic E-state index is 0.0238. The molecule has 0 saturated heterocycles. The number of rotatable bonds is 3.